The molecule has 3 N–H and O–H groups in total. The van der Waals surface area contributed by atoms with Crippen molar-refractivity contribution in [3.8, 4) is 11.5 Å². The number of fused-ring (bicyclic) bond motifs is 1. The molecule has 1 fully saturated rings. The highest BCUT2D eigenvalue weighted by molar-refractivity contribution is 6.22. The number of aromatic hydroxyl groups is 1. The Balaban J connectivity index is 1.47. The van der Waals surface area contributed by atoms with Crippen LogP contribution in [0, 0.1) is 41.7 Å². The number of aliphatic hydroxyl groups is 2. The highest BCUT2D eigenvalue weighted by Crippen LogP contribution is 2.47. The number of carbonyl (C=O) groups is 2. The molecule has 4 atom stereocenters. The van der Waals surface area contributed by atoms with Gasteiger partial charge in [-0.25, -0.2) is 4.90 Å². The number of para-hydroxylation sites is 1. The number of imide groups is 1. The van der Waals surface area contributed by atoms with E-state index in [4.69, 9.17) is 4.74 Å². The third kappa shape index (κ3) is 7.19. The minimum Gasteiger partial charge on any atom is -0.507 e. The van der Waals surface area contributed by atoms with E-state index in [0.717, 1.165) is 40.0 Å². The van der Waals surface area contributed by atoms with Gasteiger partial charge in [0.25, 0.3) is 5.69 Å². The van der Waals surface area contributed by atoms with Crippen LogP contribution in [0.3, 0.4) is 0 Å². The van der Waals surface area contributed by atoms with Crippen LogP contribution in [0.25, 0.3) is 6.08 Å². The van der Waals surface area contributed by atoms with E-state index in [-0.39, 0.29) is 30.2 Å². The minimum atomic E-state index is -1.03. The molecule has 0 spiro atoms. The van der Waals surface area contributed by atoms with Gasteiger partial charge in [0.2, 0.25) is 11.8 Å². The van der Waals surface area contributed by atoms with Crippen molar-refractivity contribution in [3.63, 3.8) is 0 Å². The molecule has 48 heavy (non-hydrogen) atoms. The second-order valence-corrected chi connectivity index (χ2v) is 12.7. The predicted molar refractivity (Wildman–Crippen MR) is 182 cm³/mol. The zero-order valence-electron chi connectivity index (χ0n) is 27.5. The lowest BCUT2D eigenvalue weighted by Crippen LogP contribution is -2.40. The molecule has 5 rings (SSSR count). The van der Waals surface area contributed by atoms with Gasteiger partial charge in [0.15, 0.2) is 0 Å². The number of nitrogens with zero attached hydrogens (tertiary/aromatic N) is 2. The molecule has 10 nitrogen and oxygen atoms in total. The number of phenolic OH excluding ortho intramolecular Hbond substituents is 1. The normalized spacial score (nSPS) is 20.2. The van der Waals surface area contributed by atoms with Crippen molar-refractivity contribution in [2.24, 2.45) is 17.8 Å². The van der Waals surface area contributed by atoms with Gasteiger partial charge in [-0.3, -0.25) is 19.7 Å². The van der Waals surface area contributed by atoms with Crippen molar-refractivity contribution in [3.05, 3.63) is 110 Å². The molecule has 0 bridgehead atoms. The molecule has 0 radical (unpaired) electrons. The highest BCUT2D eigenvalue weighted by Gasteiger charge is 2.55. The Labute approximate surface area is 280 Å². The summed E-state index contributed by atoms with van der Waals surface area (Å²) in [5.41, 5.74) is 4.64. The molecule has 252 valence electrons. The van der Waals surface area contributed by atoms with Crippen LogP contribution < -0.4 is 9.64 Å². The van der Waals surface area contributed by atoms with Crippen LogP contribution in [0.4, 0.5) is 11.4 Å². The third-order valence-electron chi connectivity index (χ3n) is 9.39. The number of nitro benzene ring substituents is 1. The summed E-state index contributed by atoms with van der Waals surface area (Å²) in [6.07, 6.45) is 3.74. The maximum absolute atomic E-state index is 14.0. The first-order chi connectivity index (χ1) is 23.0. The first-order valence-electron chi connectivity index (χ1n) is 16.3. The van der Waals surface area contributed by atoms with Crippen molar-refractivity contribution < 1.29 is 34.6 Å². The van der Waals surface area contributed by atoms with Gasteiger partial charge in [-0.05, 0) is 97.7 Å². The maximum atomic E-state index is 14.0. The Bertz CT molecular complexity index is 1730. The number of carbonyl (C=O) groups excluding carboxylic acids is 2. The molecule has 1 aliphatic carbocycles. The Kier molecular flexibility index (Phi) is 10.8. The molecule has 1 heterocycles. The molecule has 10 heteroatoms. The Morgan fingerprint density at radius 2 is 1.75 bits per heavy atom. The van der Waals surface area contributed by atoms with E-state index in [0.29, 0.717) is 29.7 Å². The lowest BCUT2D eigenvalue weighted by Gasteiger charge is -2.36. The Hall–Kier alpha value is -4.80. The lowest BCUT2D eigenvalue weighted by molar-refractivity contribution is -0.384. The number of non-ortho nitro benzene ring substituents is 1. The summed E-state index contributed by atoms with van der Waals surface area (Å²) in [6.45, 7) is 5.37. The standard InChI is InChI=1S/C38H42N2O8/c1-4-9-25(18-26-16-23(2)36(43)24(3)17-26)14-15-33(42)34-27(22-48-30-12-6-5-7-13-30)19-31-35(32(34)21-41)38(45)39(37(31)44)28-10-8-11-29(20-28)40(46)47/h5-8,10-13,16-18,20,31-33,35,41-43H,4,9,14-15,19,21-22H2,1-3H3/b25-18+/t31-,32+,33-,35-/m1/s1. The first-order valence-corrected chi connectivity index (χ1v) is 16.3. The molecular formula is C38H42N2O8. The zero-order valence-corrected chi connectivity index (χ0v) is 27.5. The molecule has 3 aromatic rings. The molecule has 1 aliphatic heterocycles. The average molecular weight is 655 g/mol. The number of phenols is 1. The van der Waals surface area contributed by atoms with Gasteiger partial charge in [0.05, 0.1) is 35.2 Å². The van der Waals surface area contributed by atoms with Gasteiger partial charge < -0.3 is 20.1 Å². The molecule has 1 saturated heterocycles. The molecule has 0 saturated carbocycles. The summed E-state index contributed by atoms with van der Waals surface area (Å²) >= 11 is 0. The minimum absolute atomic E-state index is 0.0537. The quantitative estimate of drug-likeness (QED) is 0.0825. The number of anilines is 1. The monoisotopic (exact) mass is 654 g/mol. The van der Waals surface area contributed by atoms with E-state index >= 15 is 0 Å². The molecule has 0 aromatic heterocycles. The van der Waals surface area contributed by atoms with Gasteiger partial charge in [0.1, 0.15) is 18.1 Å². The summed E-state index contributed by atoms with van der Waals surface area (Å²) in [7, 11) is 0. The summed E-state index contributed by atoms with van der Waals surface area (Å²) in [5, 5.41) is 44.3. The second-order valence-electron chi connectivity index (χ2n) is 12.7. The van der Waals surface area contributed by atoms with Crippen LogP contribution in [-0.4, -0.2) is 51.4 Å². The molecule has 3 aromatic carbocycles. The van der Waals surface area contributed by atoms with E-state index in [1.54, 1.807) is 12.1 Å². The smallest absolute Gasteiger partial charge is 0.271 e. The van der Waals surface area contributed by atoms with E-state index in [2.05, 4.69) is 13.0 Å². The number of hydrogen-bond acceptors (Lipinski definition) is 8. The fourth-order valence-electron chi connectivity index (χ4n) is 7.16. The first kappa shape index (κ1) is 34.5. The molecule has 2 aliphatic rings. The van der Waals surface area contributed by atoms with Crippen LogP contribution in [0.5, 0.6) is 11.5 Å². The highest BCUT2D eigenvalue weighted by atomic mass is 16.6. The lowest BCUT2D eigenvalue weighted by atomic mass is 9.68. The number of amides is 2. The molecule has 2 amide bonds. The van der Waals surface area contributed by atoms with E-state index in [1.165, 1.54) is 24.3 Å². The summed E-state index contributed by atoms with van der Waals surface area (Å²) < 4.78 is 6.09. The van der Waals surface area contributed by atoms with Crippen LogP contribution in [0.2, 0.25) is 0 Å². The average Bonchev–Trinajstić information content (AvgIpc) is 3.33. The molecular weight excluding hydrogens is 612 g/mol. The summed E-state index contributed by atoms with van der Waals surface area (Å²) in [5.74, 6) is -2.80. The summed E-state index contributed by atoms with van der Waals surface area (Å²) in [6, 6.07) is 18.4. The number of benzene rings is 3. The predicted octanol–water partition coefficient (Wildman–Crippen LogP) is 6.44. The van der Waals surface area contributed by atoms with Crippen molar-refractivity contribution in [1.82, 2.24) is 0 Å². The van der Waals surface area contributed by atoms with Crippen molar-refractivity contribution >= 4 is 29.3 Å². The van der Waals surface area contributed by atoms with Gasteiger partial charge >= 0.3 is 0 Å². The fraction of sp³-hybridized carbons (Fsp3) is 0.368. The maximum Gasteiger partial charge on any atom is 0.271 e. The number of aryl methyl sites for hydroxylation is 2. The molecule has 0 unspecified atom stereocenters. The van der Waals surface area contributed by atoms with E-state index in [1.807, 2.05) is 44.2 Å². The van der Waals surface area contributed by atoms with Crippen LogP contribution >= 0.6 is 0 Å². The Morgan fingerprint density at radius 3 is 2.40 bits per heavy atom. The van der Waals surface area contributed by atoms with Crippen LogP contribution in [0.1, 0.15) is 55.7 Å². The van der Waals surface area contributed by atoms with Crippen molar-refractivity contribution in [2.45, 2.75) is 59.0 Å². The third-order valence-corrected chi connectivity index (χ3v) is 9.39. The number of hydrogen-bond donors (Lipinski definition) is 3. The van der Waals surface area contributed by atoms with Crippen molar-refractivity contribution in [2.75, 3.05) is 18.1 Å². The van der Waals surface area contributed by atoms with Gasteiger partial charge in [-0.2, -0.15) is 0 Å². The number of ether oxygens (including phenoxy) is 1. The van der Waals surface area contributed by atoms with E-state index in [9.17, 15) is 35.0 Å². The van der Waals surface area contributed by atoms with Crippen LogP contribution in [0.15, 0.2) is 83.4 Å². The fourth-order valence-corrected chi connectivity index (χ4v) is 7.16. The largest absolute Gasteiger partial charge is 0.507 e. The zero-order chi connectivity index (χ0) is 34.5. The van der Waals surface area contributed by atoms with Gasteiger partial charge in [-0.1, -0.05) is 49.3 Å². The number of nitro groups is 1. The van der Waals surface area contributed by atoms with Crippen LogP contribution in [-0.2, 0) is 9.59 Å². The second kappa shape index (κ2) is 15.0. The number of allylic oxidation sites excluding steroid dienone is 1. The summed E-state index contributed by atoms with van der Waals surface area (Å²) in [4.78, 5) is 39.6. The number of aliphatic hydroxyl groups excluding tert-OH is 2. The number of rotatable bonds is 13. The van der Waals surface area contributed by atoms with Gasteiger partial charge in [0, 0.05) is 18.1 Å². The van der Waals surface area contributed by atoms with Crippen molar-refractivity contribution in [1.29, 1.82) is 0 Å². The topological polar surface area (TPSA) is 150 Å². The Morgan fingerprint density at radius 1 is 1.04 bits per heavy atom. The van der Waals surface area contributed by atoms with Gasteiger partial charge in [-0.15, -0.1) is 0 Å². The van der Waals surface area contributed by atoms with E-state index < -0.39 is 47.2 Å². The SMILES string of the molecule is CCC/C(=C\c1cc(C)c(O)c(C)c1)CC[C@@H](O)C1=C(COc2ccccc2)C[C@H]2C(=O)N(c3cccc([N+](=O)[O-])c3)C(=O)[C@H]2[C@H]1CO.